The van der Waals surface area contributed by atoms with Gasteiger partial charge in [0.25, 0.3) is 0 Å². The van der Waals surface area contributed by atoms with Crippen LogP contribution in [0.1, 0.15) is 24.0 Å². The molecule has 0 amide bonds. The van der Waals surface area contributed by atoms with E-state index in [0.29, 0.717) is 5.92 Å². The maximum Gasteiger partial charge on any atom is 0.119 e. The van der Waals surface area contributed by atoms with Gasteiger partial charge in [-0.2, -0.15) is 0 Å². The van der Waals surface area contributed by atoms with E-state index >= 15 is 0 Å². The Morgan fingerprint density at radius 3 is 2.95 bits per heavy atom. The molecule has 98 valence electrons. The van der Waals surface area contributed by atoms with E-state index in [1.807, 2.05) is 13.0 Å². The topological polar surface area (TPSA) is 21.3 Å². The van der Waals surface area contributed by atoms with Crippen molar-refractivity contribution in [3.63, 3.8) is 0 Å². The average Bonchev–Trinajstić information content (AvgIpc) is 2.83. The van der Waals surface area contributed by atoms with E-state index in [1.54, 1.807) is 0 Å². The molecule has 1 N–H and O–H groups in total. The highest BCUT2D eigenvalue weighted by atomic mass is 16.5. The molecule has 1 aliphatic heterocycles. The number of para-hydroxylation sites is 1. The van der Waals surface area contributed by atoms with Gasteiger partial charge in [-0.3, -0.25) is 0 Å². The Kier molecular flexibility index (Phi) is 3.41. The maximum atomic E-state index is 5.56. The lowest BCUT2D eigenvalue weighted by Gasteiger charge is -2.11. The normalized spacial score (nSPS) is 16.8. The van der Waals surface area contributed by atoms with Gasteiger partial charge in [0.05, 0.1) is 6.61 Å². The van der Waals surface area contributed by atoms with Crippen molar-refractivity contribution in [2.45, 2.75) is 19.3 Å². The molecule has 1 heterocycles. The Morgan fingerprint density at radius 2 is 2.05 bits per heavy atom. The van der Waals surface area contributed by atoms with Gasteiger partial charge >= 0.3 is 0 Å². The van der Waals surface area contributed by atoms with Gasteiger partial charge in [-0.25, -0.2) is 0 Å². The van der Waals surface area contributed by atoms with Crippen molar-refractivity contribution in [1.29, 1.82) is 0 Å². The molecule has 2 aromatic carbocycles. The van der Waals surface area contributed by atoms with Crippen LogP contribution in [-0.4, -0.2) is 13.2 Å². The first-order valence-electron chi connectivity index (χ1n) is 6.91. The molecule has 2 nitrogen and oxygen atoms in total. The monoisotopic (exact) mass is 253 g/mol. The first kappa shape index (κ1) is 12.1. The van der Waals surface area contributed by atoms with Gasteiger partial charge in [0.1, 0.15) is 5.75 Å². The Morgan fingerprint density at radius 1 is 1.16 bits per heavy atom. The summed E-state index contributed by atoms with van der Waals surface area (Å²) < 4.78 is 5.56. The van der Waals surface area contributed by atoms with Crippen LogP contribution in [0, 0.1) is 0 Å². The van der Waals surface area contributed by atoms with Crippen LogP contribution < -0.4 is 10.1 Å². The van der Waals surface area contributed by atoms with Crippen molar-refractivity contribution in [2.75, 3.05) is 18.5 Å². The van der Waals surface area contributed by atoms with E-state index in [1.165, 1.54) is 16.8 Å². The van der Waals surface area contributed by atoms with Crippen molar-refractivity contribution >= 4 is 5.69 Å². The lowest BCUT2D eigenvalue weighted by atomic mass is 9.94. The molecule has 3 rings (SSSR count). The summed E-state index contributed by atoms with van der Waals surface area (Å²) in [7, 11) is 0. The maximum absolute atomic E-state index is 5.56. The zero-order valence-corrected chi connectivity index (χ0v) is 11.2. The fourth-order valence-electron chi connectivity index (χ4n) is 2.75. The molecule has 2 heteroatoms. The molecule has 0 spiro atoms. The molecule has 0 radical (unpaired) electrons. The fourth-order valence-corrected chi connectivity index (χ4v) is 2.75. The van der Waals surface area contributed by atoms with Crippen LogP contribution in [0.5, 0.6) is 5.75 Å². The van der Waals surface area contributed by atoms with Crippen LogP contribution in [0.15, 0.2) is 48.5 Å². The molecule has 0 saturated carbocycles. The predicted octanol–water partition coefficient (Wildman–Crippen LogP) is 3.84. The van der Waals surface area contributed by atoms with E-state index in [4.69, 9.17) is 4.74 Å². The molecule has 1 aliphatic rings. The summed E-state index contributed by atoms with van der Waals surface area (Å²) >= 11 is 0. The van der Waals surface area contributed by atoms with Crippen molar-refractivity contribution in [3.8, 4) is 5.75 Å². The summed E-state index contributed by atoms with van der Waals surface area (Å²) in [6.45, 7) is 3.76. The van der Waals surface area contributed by atoms with Crippen LogP contribution >= 0.6 is 0 Å². The third-order valence-electron chi connectivity index (χ3n) is 3.63. The number of hydrogen-bond acceptors (Lipinski definition) is 2. The number of benzene rings is 2. The Balaban J connectivity index is 1.77. The molecular formula is C17H19NO. The van der Waals surface area contributed by atoms with Crippen LogP contribution in [0.4, 0.5) is 5.69 Å². The molecule has 1 atom stereocenters. The summed E-state index contributed by atoms with van der Waals surface area (Å²) in [6, 6.07) is 17.0. The molecule has 0 bridgehead atoms. The first-order valence-corrected chi connectivity index (χ1v) is 6.91. The Bertz CT molecular complexity index is 565. The van der Waals surface area contributed by atoms with E-state index in [0.717, 1.165) is 25.3 Å². The summed E-state index contributed by atoms with van der Waals surface area (Å²) in [4.78, 5) is 0. The Hall–Kier alpha value is -1.96. The standard InChI is InChI=1S/C17H19NO/c1-2-19-15-7-5-6-13(11-15)10-14-12-18-17-9-4-3-8-16(14)17/h3-9,11,14,18H,2,10,12H2,1H3. The van der Waals surface area contributed by atoms with Crippen molar-refractivity contribution < 1.29 is 4.74 Å². The Labute approximate surface area is 114 Å². The highest BCUT2D eigenvalue weighted by Gasteiger charge is 2.21. The summed E-state index contributed by atoms with van der Waals surface area (Å²) in [5.41, 5.74) is 4.06. The van der Waals surface area contributed by atoms with E-state index in [-0.39, 0.29) is 0 Å². The van der Waals surface area contributed by atoms with Crippen LogP contribution in [-0.2, 0) is 6.42 Å². The van der Waals surface area contributed by atoms with E-state index < -0.39 is 0 Å². The predicted molar refractivity (Wildman–Crippen MR) is 79.0 cm³/mol. The largest absolute Gasteiger partial charge is 0.494 e. The molecule has 0 fully saturated rings. The SMILES string of the molecule is CCOc1cccc(CC2CNc3ccccc32)c1. The average molecular weight is 253 g/mol. The fraction of sp³-hybridized carbons (Fsp3) is 0.294. The smallest absolute Gasteiger partial charge is 0.119 e. The van der Waals surface area contributed by atoms with E-state index in [9.17, 15) is 0 Å². The number of nitrogens with one attached hydrogen (secondary N) is 1. The third kappa shape index (κ3) is 2.58. The number of anilines is 1. The van der Waals surface area contributed by atoms with Crippen molar-refractivity contribution in [2.24, 2.45) is 0 Å². The van der Waals surface area contributed by atoms with Gasteiger partial charge in [-0.05, 0) is 42.7 Å². The summed E-state index contributed by atoms with van der Waals surface area (Å²) in [5.74, 6) is 1.53. The molecule has 0 saturated heterocycles. The van der Waals surface area contributed by atoms with E-state index in [2.05, 4.69) is 47.8 Å². The van der Waals surface area contributed by atoms with Gasteiger partial charge in [0.15, 0.2) is 0 Å². The number of rotatable bonds is 4. The quantitative estimate of drug-likeness (QED) is 0.894. The zero-order valence-electron chi connectivity index (χ0n) is 11.2. The molecule has 0 aromatic heterocycles. The lowest BCUT2D eigenvalue weighted by molar-refractivity contribution is 0.340. The minimum Gasteiger partial charge on any atom is -0.494 e. The lowest BCUT2D eigenvalue weighted by Crippen LogP contribution is -2.05. The van der Waals surface area contributed by atoms with Crippen LogP contribution in [0.3, 0.4) is 0 Å². The second kappa shape index (κ2) is 5.35. The second-order valence-electron chi connectivity index (χ2n) is 4.95. The van der Waals surface area contributed by atoms with Crippen LogP contribution in [0.2, 0.25) is 0 Å². The first-order chi connectivity index (χ1) is 9.36. The van der Waals surface area contributed by atoms with Gasteiger partial charge in [-0.1, -0.05) is 30.3 Å². The molecular weight excluding hydrogens is 234 g/mol. The number of ether oxygens (including phenoxy) is 1. The van der Waals surface area contributed by atoms with Crippen LogP contribution in [0.25, 0.3) is 0 Å². The van der Waals surface area contributed by atoms with Gasteiger partial charge < -0.3 is 10.1 Å². The number of fused-ring (bicyclic) bond motifs is 1. The van der Waals surface area contributed by atoms with Gasteiger partial charge in [0, 0.05) is 18.2 Å². The molecule has 19 heavy (non-hydrogen) atoms. The van der Waals surface area contributed by atoms with Gasteiger partial charge in [0.2, 0.25) is 0 Å². The minimum atomic E-state index is 0.563. The van der Waals surface area contributed by atoms with Gasteiger partial charge in [-0.15, -0.1) is 0 Å². The second-order valence-corrected chi connectivity index (χ2v) is 4.95. The van der Waals surface area contributed by atoms with Crippen molar-refractivity contribution in [3.05, 3.63) is 59.7 Å². The third-order valence-corrected chi connectivity index (χ3v) is 3.63. The highest BCUT2D eigenvalue weighted by Crippen LogP contribution is 2.33. The summed E-state index contributed by atoms with van der Waals surface area (Å²) in [6.07, 6.45) is 1.06. The summed E-state index contributed by atoms with van der Waals surface area (Å²) in [5, 5.41) is 3.48. The molecule has 0 aliphatic carbocycles. The highest BCUT2D eigenvalue weighted by molar-refractivity contribution is 5.58. The minimum absolute atomic E-state index is 0.563. The molecule has 1 unspecified atom stereocenters. The van der Waals surface area contributed by atoms with Crippen molar-refractivity contribution in [1.82, 2.24) is 0 Å². The zero-order chi connectivity index (χ0) is 13.1. The molecule has 2 aromatic rings. The number of hydrogen-bond donors (Lipinski definition) is 1.